The number of nitrogens with zero attached hydrogens (tertiary/aromatic N) is 1. The molecular formula is C14H22N2. The standard InChI is InChI=1S/C14H22N2/c15-11-14(12-16-8-4-5-9-16)10-13-6-2-1-3-7-13/h1-3,6-7,14H,4-5,8-12,15H2/t14-/m0/s1. The van der Waals surface area contributed by atoms with Gasteiger partial charge in [-0.2, -0.15) is 0 Å². The molecule has 1 heterocycles. The molecule has 0 saturated carbocycles. The first-order valence-electron chi connectivity index (χ1n) is 6.35. The van der Waals surface area contributed by atoms with E-state index >= 15 is 0 Å². The van der Waals surface area contributed by atoms with Crippen LogP contribution in [0.25, 0.3) is 0 Å². The van der Waals surface area contributed by atoms with Crippen LogP contribution in [0.1, 0.15) is 18.4 Å². The van der Waals surface area contributed by atoms with Crippen molar-refractivity contribution in [3.63, 3.8) is 0 Å². The van der Waals surface area contributed by atoms with Crippen LogP contribution in [-0.4, -0.2) is 31.1 Å². The predicted octanol–water partition coefficient (Wildman–Crippen LogP) is 1.90. The summed E-state index contributed by atoms with van der Waals surface area (Å²) in [5.41, 5.74) is 7.29. The third-order valence-corrected chi connectivity index (χ3v) is 3.42. The highest BCUT2D eigenvalue weighted by Gasteiger charge is 2.16. The summed E-state index contributed by atoms with van der Waals surface area (Å²) in [5, 5.41) is 0. The summed E-state index contributed by atoms with van der Waals surface area (Å²) in [6, 6.07) is 10.7. The maximum absolute atomic E-state index is 5.87. The fraction of sp³-hybridized carbons (Fsp3) is 0.571. The van der Waals surface area contributed by atoms with Crippen molar-refractivity contribution < 1.29 is 0 Å². The zero-order valence-electron chi connectivity index (χ0n) is 9.94. The number of nitrogens with two attached hydrogens (primary N) is 1. The Bertz CT molecular complexity index is 291. The minimum atomic E-state index is 0.612. The molecule has 1 atom stereocenters. The predicted molar refractivity (Wildman–Crippen MR) is 68.4 cm³/mol. The van der Waals surface area contributed by atoms with E-state index in [1.807, 2.05) is 0 Å². The summed E-state index contributed by atoms with van der Waals surface area (Å²) in [6.45, 7) is 4.51. The summed E-state index contributed by atoms with van der Waals surface area (Å²) < 4.78 is 0. The van der Waals surface area contributed by atoms with Crippen molar-refractivity contribution >= 4 is 0 Å². The molecule has 1 aromatic rings. The molecule has 1 aliphatic heterocycles. The topological polar surface area (TPSA) is 29.3 Å². The Morgan fingerprint density at radius 3 is 2.44 bits per heavy atom. The molecule has 0 bridgehead atoms. The van der Waals surface area contributed by atoms with E-state index in [1.54, 1.807) is 0 Å². The molecule has 0 radical (unpaired) electrons. The van der Waals surface area contributed by atoms with Crippen molar-refractivity contribution in [3.8, 4) is 0 Å². The SMILES string of the molecule is NC[C@H](Cc1ccccc1)CN1CCCC1. The van der Waals surface area contributed by atoms with Crippen LogP contribution in [0.4, 0.5) is 0 Å². The van der Waals surface area contributed by atoms with Gasteiger partial charge in [-0.25, -0.2) is 0 Å². The molecule has 0 spiro atoms. The van der Waals surface area contributed by atoms with Crippen molar-refractivity contribution in [2.45, 2.75) is 19.3 Å². The van der Waals surface area contributed by atoms with Crippen molar-refractivity contribution in [1.82, 2.24) is 4.90 Å². The van der Waals surface area contributed by atoms with Gasteiger partial charge in [0.05, 0.1) is 0 Å². The first-order chi connectivity index (χ1) is 7.88. The van der Waals surface area contributed by atoms with Crippen LogP contribution in [-0.2, 0) is 6.42 Å². The molecule has 2 nitrogen and oxygen atoms in total. The van der Waals surface area contributed by atoms with Gasteiger partial charge in [-0.1, -0.05) is 30.3 Å². The molecular weight excluding hydrogens is 196 g/mol. The van der Waals surface area contributed by atoms with Crippen LogP contribution >= 0.6 is 0 Å². The second kappa shape index (κ2) is 6.02. The summed E-state index contributed by atoms with van der Waals surface area (Å²) >= 11 is 0. The first-order valence-corrected chi connectivity index (χ1v) is 6.35. The Labute approximate surface area is 98.4 Å². The molecule has 2 N–H and O–H groups in total. The lowest BCUT2D eigenvalue weighted by atomic mass is 9.99. The molecule has 0 aliphatic carbocycles. The molecule has 2 heteroatoms. The van der Waals surface area contributed by atoms with Crippen LogP contribution in [0.15, 0.2) is 30.3 Å². The molecule has 1 fully saturated rings. The van der Waals surface area contributed by atoms with E-state index in [-0.39, 0.29) is 0 Å². The van der Waals surface area contributed by atoms with Crippen LogP contribution in [0.3, 0.4) is 0 Å². The normalized spacial score (nSPS) is 18.8. The smallest absolute Gasteiger partial charge is 0.00249 e. The maximum Gasteiger partial charge on any atom is 0.00249 e. The Hall–Kier alpha value is -0.860. The second-order valence-electron chi connectivity index (χ2n) is 4.80. The molecule has 0 amide bonds. The van der Waals surface area contributed by atoms with Gasteiger partial charge >= 0.3 is 0 Å². The zero-order valence-corrected chi connectivity index (χ0v) is 9.94. The van der Waals surface area contributed by atoms with Crippen molar-refractivity contribution in [3.05, 3.63) is 35.9 Å². The van der Waals surface area contributed by atoms with Crippen LogP contribution < -0.4 is 5.73 Å². The van der Waals surface area contributed by atoms with E-state index in [2.05, 4.69) is 35.2 Å². The van der Waals surface area contributed by atoms with Crippen LogP contribution in [0, 0.1) is 5.92 Å². The largest absolute Gasteiger partial charge is 0.330 e. The average Bonchev–Trinajstić information content (AvgIpc) is 2.82. The number of hydrogen-bond acceptors (Lipinski definition) is 2. The summed E-state index contributed by atoms with van der Waals surface area (Å²) in [7, 11) is 0. The van der Waals surface area contributed by atoms with Gasteiger partial charge in [-0.05, 0) is 50.4 Å². The number of hydrogen-bond donors (Lipinski definition) is 1. The van der Waals surface area contributed by atoms with E-state index < -0.39 is 0 Å². The second-order valence-corrected chi connectivity index (χ2v) is 4.80. The van der Waals surface area contributed by atoms with Crippen molar-refractivity contribution in [2.24, 2.45) is 11.7 Å². The lowest BCUT2D eigenvalue weighted by Crippen LogP contribution is -2.32. The van der Waals surface area contributed by atoms with Gasteiger partial charge in [0.25, 0.3) is 0 Å². The number of benzene rings is 1. The van der Waals surface area contributed by atoms with E-state index in [1.165, 1.54) is 38.0 Å². The number of likely N-dealkylation sites (tertiary alicyclic amines) is 1. The summed E-state index contributed by atoms with van der Waals surface area (Å²) in [5.74, 6) is 0.612. The molecule has 16 heavy (non-hydrogen) atoms. The number of rotatable bonds is 5. The lowest BCUT2D eigenvalue weighted by molar-refractivity contribution is 0.279. The highest BCUT2D eigenvalue weighted by atomic mass is 15.1. The monoisotopic (exact) mass is 218 g/mol. The van der Waals surface area contributed by atoms with E-state index in [0.717, 1.165) is 13.0 Å². The van der Waals surface area contributed by atoms with Crippen LogP contribution in [0.5, 0.6) is 0 Å². The molecule has 1 aromatic carbocycles. The quantitative estimate of drug-likeness (QED) is 0.818. The molecule has 0 unspecified atom stereocenters. The first kappa shape index (κ1) is 11.6. The minimum absolute atomic E-state index is 0.612. The summed E-state index contributed by atoms with van der Waals surface area (Å²) in [4.78, 5) is 2.56. The van der Waals surface area contributed by atoms with Gasteiger partial charge < -0.3 is 10.6 Å². The third-order valence-electron chi connectivity index (χ3n) is 3.42. The van der Waals surface area contributed by atoms with Crippen LogP contribution in [0.2, 0.25) is 0 Å². The minimum Gasteiger partial charge on any atom is -0.330 e. The fourth-order valence-corrected chi connectivity index (χ4v) is 2.50. The Balaban J connectivity index is 1.85. The van der Waals surface area contributed by atoms with Gasteiger partial charge in [0.15, 0.2) is 0 Å². The van der Waals surface area contributed by atoms with Gasteiger partial charge in [0, 0.05) is 6.54 Å². The van der Waals surface area contributed by atoms with Gasteiger partial charge in [0.1, 0.15) is 0 Å². The highest BCUT2D eigenvalue weighted by molar-refractivity contribution is 5.15. The molecule has 88 valence electrons. The third kappa shape index (κ3) is 3.32. The lowest BCUT2D eigenvalue weighted by Gasteiger charge is -2.22. The molecule has 0 aromatic heterocycles. The summed E-state index contributed by atoms with van der Waals surface area (Å²) in [6.07, 6.45) is 3.85. The molecule has 1 aliphatic rings. The molecule has 1 saturated heterocycles. The van der Waals surface area contributed by atoms with E-state index in [9.17, 15) is 0 Å². The fourth-order valence-electron chi connectivity index (χ4n) is 2.50. The van der Waals surface area contributed by atoms with Gasteiger partial charge in [-0.15, -0.1) is 0 Å². The van der Waals surface area contributed by atoms with Gasteiger partial charge in [0.2, 0.25) is 0 Å². The Morgan fingerprint density at radius 2 is 1.81 bits per heavy atom. The Kier molecular flexibility index (Phi) is 4.37. The van der Waals surface area contributed by atoms with Gasteiger partial charge in [-0.3, -0.25) is 0 Å². The Morgan fingerprint density at radius 1 is 1.12 bits per heavy atom. The van der Waals surface area contributed by atoms with E-state index in [0.29, 0.717) is 5.92 Å². The highest BCUT2D eigenvalue weighted by Crippen LogP contribution is 2.13. The molecule has 2 rings (SSSR count). The maximum atomic E-state index is 5.87. The van der Waals surface area contributed by atoms with Crippen molar-refractivity contribution in [2.75, 3.05) is 26.2 Å². The van der Waals surface area contributed by atoms with Crippen molar-refractivity contribution in [1.29, 1.82) is 0 Å². The zero-order chi connectivity index (χ0) is 11.2. The average molecular weight is 218 g/mol. The van der Waals surface area contributed by atoms with E-state index in [4.69, 9.17) is 5.73 Å².